The van der Waals surface area contributed by atoms with Crippen LogP contribution in [0.25, 0.3) is 0 Å². The maximum Gasteiger partial charge on any atom is 0.416 e. The Hall–Kier alpha value is -1.55. The SMILES string of the molecule is N#CCS(=O)(=O)Cc1ccc(C(F)(F)F)cc1. The highest BCUT2D eigenvalue weighted by Crippen LogP contribution is 2.29. The number of alkyl halides is 3. The molecule has 0 heterocycles. The van der Waals surface area contributed by atoms with Gasteiger partial charge in [-0.25, -0.2) is 8.42 Å². The molecule has 7 heteroatoms. The zero-order valence-corrected chi connectivity index (χ0v) is 9.35. The van der Waals surface area contributed by atoms with E-state index in [1.807, 2.05) is 0 Å². The van der Waals surface area contributed by atoms with E-state index in [0.717, 1.165) is 24.3 Å². The topological polar surface area (TPSA) is 57.9 Å². The highest BCUT2D eigenvalue weighted by molar-refractivity contribution is 7.90. The average molecular weight is 263 g/mol. The van der Waals surface area contributed by atoms with Gasteiger partial charge in [-0.2, -0.15) is 18.4 Å². The van der Waals surface area contributed by atoms with E-state index >= 15 is 0 Å². The van der Waals surface area contributed by atoms with Gasteiger partial charge in [0.05, 0.1) is 17.4 Å². The van der Waals surface area contributed by atoms with Crippen LogP contribution >= 0.6 is 0 Å². The Balaban J connectivity index is 2.87. The molecule has 3 nitrogen and oxygen atoms in total. The van der Waals surface area contributed by atoms with Gasteiger partial charge in [0, 0.05) is 0 Å². The van der Waals surface area contributed by atoms with E-state index in [2.05, 4.69) is 0 Å². The van der Waals surface area contributed by atoms with E-state index in [0.29, 0.717) is 0 Å². The van der Waals surface area contributed by atoms with Crippen LogP contribution in [0.5, 0.6) is 0 Å². The van der Waals surface area contributed by atoms with E-state index in [4.69, 9.17) is 5.26 Å². The van der Waals surface area contributed by atoms with Crippen molar-refractivity contribution in [1.82, 2.24) is 0 Å². The molecule has 0 aromatic heterocycles. The van der Waals surface area contributed by atoms with Gasteiger partial charge in [0.15, 0.2) is 9.84 Å². The van der Waals surface area contributed by atoms with Crippen molar-refractivity contribution in [3.8, 4) is 6.07 Å². The molecule has 0 bridgehead atoms. The molecule has 0 aliphatic carbocycles. The van der Waals surface area contributed by atoms with Crippen LogP contribution in [-0.4, -0.2) is 14.2 Å². The van der Waals surface area contributed by atoms with E-state index in [1.54, 1.807) is 0 Å². The Bertz CT molecular complexity index is 526. The van der Waals surface area contributed by atoms with Crippen LogP contribution in [0.1, 0.15) is 11.1 Å². The van der Waals surface area contributed by atoms with Crippen LogP contribution in [0.3, 0.4) is 0 Å². The van der Waals surface area contributed by atoms with Crippen LogP contribution < -0.4 is 0 Å². The number of nitriles is 1. The lowest BCUT2D eigenvalue weighted by molar-refractivity contribution is -0.137. The molecule has 1 rings (SSSR count). The van der Waals surface area contributed by atoms with Crippen LogP contribution in [0, 0.1) is 11.3 Å². The molecule has 0 spiro atoms. The third-order valence-corrected chi connectivity index (χ3v) is 3.29. The molecular weight excluding hydrogens is 255 g/mol. The third kappa shape index (κ3) is 4.07. The molecule has 0 amide bonds. The van der Waals surface area contributed by atoms with Crippen molar-refractivity contribution < 1.29 is 21.6 Å². The van der Waals surface area contributed by atoms with Crippen LogP contribution in [0.2, 0.25) is 0 Å². The summed E-state index contributed by atoms with van der Waals surface area (Å²) in [6.07, 6.45) is -4.44. The zero-order valence-electron chi connectivity index (χ0n) is 8.53. The number of hydrogen-bond donors (Lipinski definition) is 0. The summed E-state index contributed by atoms with van der Waals surface area (Å²) in [5.41, 5.74) is -0.604. The zero-order chi connectivity index (χ0) is 13.1. The first-order valence-corrected chi connectivity index (χ1v) is 6.30. The number of sulfone groups is 1. The van der Waals surface area contributed by atoms with Crippen molar-refractivity contribution in [1.29, 1.82) is 5.26 Å². The highest BCUT2D eigenvalue weighted by atomic mass is 32.2. The lowest BCUT2D eigenvalue weighted by Gasteiger charge is -2.07. The van der Waals surface area contributed by atoms with Crippen molar-refractivity contribution in [2.24, 2.45) is 0 Å². The molecular formula is C10H8F3NO2S. The largest absolute Gasteiger partial charge is 0.416 e. The highest BCUT2D eigenvalue weighted by Gasteiger charge is 2.30. The third-order valence-electron chi connectivity index (χ3n) is 1.95. The summed E-state index contributed by atoms with van der Waals surface area (Å²) in [4.78, 5) is 0. The molecule has 1 aromatic rings. The van der Waals surface area contributed by atoms with Crippen molar-refractivity contribution in [3.63, 3.8) is 0 Å². The predicted molar refractivity (Wildman–Crippen MR) is 54.5 cm³/mol. The van der Waals surface area contributed by atoms with Gasteiger partial charge < -0.3 is 0 Å². The molecule has 92 valence electrons. The minimum atomic E-state index is -4.44. The van der Waals surface area contributed by atoms with Crippen molar-refractivity contribution >= 4 is 9.84 Å². The van der Waals surface area contributed by atoms with Crippen LogP contribution in [0.4, 0.5) is 13.2 Å². The number of halogens is 3. The Morgan fingerprint density at radius 3 is 2.12 bits per heavy atom. The second kappa shape index (κ2) is 4.75. The quantitative estimate of drug-likeness (QED) is 0.839. The molecule has 0 N–H and O–H groups in total. The first-order valence-electron chi connectivity index (χ1n) is 4.48. The van der Waals surface area contributed by atoms with E-state index in [9.17, 15) is 21.6 Å². The summed E-state index contributed by atoms with van der Waals surface area (Å²) in [6, 6.07) is 5.32. The average Bonchev–Trinajstić information content (AvgIpc) is 2.16. The fourth-order valence-corrected chi connectivity index (χ4v) is 2.19. The lowest BCUT2D eigenvalue weighted by atomic mass is 10.1. The maximum atomic E-state index is 12.2. The molecule has 0 aliphatic heterocycles. The fourth-order valence-electron chi connectivity index (χ4n) is 1.19. The number of rotatable bonds is 3. The molecule has 0 aliphatic rings. The number of hydrogen-bond acceptors (Lipinski definition) is 3. The fraction of sp³-hybridized carbons (Fsp3) is 0.300. The first-order chi connectivity index (χ1) is 7.74. The van der Waals surface area contributed by atoms with Gasteiger partial charge in [-0.15, -0.1) is 0 Å². The van der Waals surface area contributed by atoms with Crippen molar-refractivity contribution in [3.05, 3.63) is 35.4 Å². The lowest BCUT2D eigenvalue weighted by Crippen LogP contribution is -2.09. The Morgan fingerprint density at radius 2 is 1.71 bits per heavy atom. The Morgan fingerprint density at radius 1 is 1.18 bits per heavy atom. The van der Waals surface area contributed by atoms with Gasteiger partial charge in [-0.3, -0.25) is 0 Å². The first kappa shape index (κ1) is 13.5. The Kier molecular flexibility index (Phi) is 3.78. The van der Waals surface area contributed by atoms with E-state index in [1.165, 1.54) is 6.07 Å². The molecule has 0 fully saturated rings. The minimum Gasteiger partial charge on any atom is -0.227 e. The minimum absolute atomic E-state index is 0.230. The molecule has 0 saturated carbocycles. The predicted octanol–water partition coefficient (Wildman–Crippen LogP) is 2.14. The van der Waals surface area contributed by atoms with Crippen molar-refractivity contribution in [2.75, 3.05) is 5.75 Å². The summed E-state index contributed by atoms with van der Waals surface area (Å²) in [6.45, 7) is 0. The number of nitrogens with zero attached hydrogens (tertiary/aromatic N) is 1. The van der Waals surface area contributed by atoms with Crippen LogP contribution in [-0.2, 0) is 21.8 Å². The van der Waals surface area contributed by atoms with E-state index in [-0.39, 0.29) is 5.56 Å². The Labute approximate surface area is 96.4 Å². The van der Waals surface area contributed by atoms with Gasteiger partial charge in [0.2, 0.25) is 0 Å². The summed E-state index contributed by atoms with van der Waals surface area (Å²) < 4.78 is 59.1. The molecule has 0 radical (unpaired) electrons. The maximum absolute atomic E-state index is 12.2. The molecule has 0 unspecified atom stereocenters. The molecule has 0 atom stereocenters. The summed E-state index contributed by atoms with van der Waals surface area (Å²) >= 11 is 0. The summed E-state index contributed by atoms with van der Waals surface area (Å²) in [5, 5.41) is 8.25. The summed E-state index contributed by atoms with van der Waals surface area (Å²) in [5.74, 6) is -1.08. The van der Waals surface area contributed by atoms with Gasteiger partial charge in [-0.1, -0.05) is 12.1 Å². The van der Waals surface area contributed by atoms with E-state index < -0.39 is 33.1 Å². The van der Waals surface area contributed by atoms with Gasteiger partial charge in [-0.05, 0) is 17.7 Å². The standard InChI is InChI=1S/C10H8F3NO2S/c11-10(12,13)9-3-1-8(2-4-9)7-17(15,16)6-5-14/h1-4H,6-7H2. The monoisotopic (exact) mass is 263 g/mol. The van der Waals surface area contributed by atoms with Crippen LogP contribution in [0.15, 0.2) is 24.3 Å². The smallest absolute Gasteiger partial charge is 0.227 e. The molecule has 1 aromatic carbocycles. The van der Waals surface area contributed by atoms with Gasteiger partial charge in [0.1, 0.15) is 5.75 Å². The second-order valence-electron chi connectivity index (χ2n) is 3.39. The second-order valence-corrected chi connectivity index (χ2v) is 5.45. The number of benzene rings is 1. The van der Waals surface area contributed by atoms with Gasteiger partial charge in [0.25, 0.3) is 0 Å². The molecule has 17 heavy (non-hydrogen) atoms. The van der Waals surface area contributed by atoms with Gasteiger partial charge >= 0.3 is 6.18 Å². The summed E-state index contributed by atoms with van der Waals surface area (Å²) in [7, 11) is -3.58. The molecule has 0 saturated heterocycles. The van der Waals surface area contributed by atoms with Crippen molar-refractivity contribution in [2.45, 2.75) is 11.9 Å². The normalized spacial score (nSPS) is 12.1.